The lowest BCUT2D eigenvalue weighted by Gasteiger charge is -2.31. The van der Waals surface area contributed by atoms with Crippen LogP contribution < -0.4 is 15.4 Å². The number of hydrogen-bond acceptors (Lipinski definition) is 5. The van der Waals surface area contributed by atoms with Crippen molar-refractivity contribution >= 4 is 17.5 Å². The number of amides is 2. The average molecular weight is 510 g/mol. The molecular formula is C26H34F3N3O4. The van der Waals surface area contributed by atoms with E-state index in [1.165, 1.54) is 25.3 Å². The summed E-state index contributed by atoms with van der Waals surface area (Å²) in [5.41, 5.74) is -1.09. The van der Waals surface area contributed by atoms with E-state index in [0.29, 0.717) is 28.9 Å². The van der Waals surface area contributed by atoms with E-state index in [-0.39, 0.29) is 29.6 Å². The van der Waals surface area contributed by atoms with Crippen molar-refractivity contribution in [2.24, 2.45) is 0 Å². The maximum atomic E-state index is 14.1. The molecule has 198 valence electrons. The van der Waals surface area contributed by atoms with E-state index < -0.39 is 29.9 Å². The van der Waals surface area contributed by atoms with Gasteiger partial charge in [0.1, 0.15) is 5.75 Å². The fourth-order valence-corrected chi connectivity index (χ4v) is 3.97. The highest BCUT2D eigenvalue weighted by molar-refractivity contribution is 5.99. The Balaban J connectivity index is 0.00000222. The molecule has 2 heterocycles. The number of nitrogens with one attached hydrogen (secondary N) is 2. The van der Waals surface area contributed by atoms with E-state index in [2.05, 4.69) is 15.6 Å². The summed E-state index contributed by atoms with van der Waals surface area (Å²) in [4.78, 5) is 28.5. The smallest absolute Gasteiger partial charge is 0.424 e. The van der Waals surface area contributed by atoms with Gasteiger partial charge >= 0.3 is 6.18 Å². The number of nitrogens with zero attached hydrogens (tertiary/aromatic N) is 1. The lowest BCUT2D eigenvalue weighted by atomic mass is 9.90. The normalized spacial score (nSPS) is 14.7. The number of ether oxygens (including phenoxy) is 1. The predicted octanol–water partition coefficient (Wildman–Crippen LogP) is 4.92. The summed E-state index contributed by atoms with van der Waals surface area (Å²) in [6, 6.07) is 4.07. The molecule has 0 aliphatic carbocycles. The average Bonchev–Trinajstić information content (AvgIpc) is 2.83. The number of carbonyl (C=O) groups excluding carboxylic acids is 2. The Morgan fingerprint density at radius 3 is 2.39 bits per heavy atom. The minimum absolute atomic E-state index is 0.0483. The van der Waals surface area contributed by atoms with Crippen LogP contribution in [0.3, 0.4) is 0 Å². The third kappa shape index (κ3) is 5.80. The highest BCUT2D eigenvalue weighted by Gasteiger charge is 2.56. The number of rotatable bonds is 6. The van der Waals surface area contributed by atoms with Gasteiger partial charge in [0.25, 0.3) is 5.91 Å². The molecule has 1 unspecified atom stereocenters. The molecule has 2 aromatic rings. The van der Waals surface area contributed by atoms with Crippen LogP contribution in [-0.2, 0) is 16.8 Å². The first-order valence-electron chi connectivity index (χ1n) is 11.8. The van der Waals surface area contributed by atoms with Gasteiger partial charge in [-0.15, -0.1) is 0 Å². The molecular weight excluding hydrogens is 475 g/mol. The minimum Gasteiger partial charge on any atom is -0.495 e. The zero-order valence-electron chi connectivity index (χ0n) is 21.7. The topological polar surface area (TPSA) is 101 Å². The van der Waals surface area contributed by atoms with E-state index in [0.717, 1.165) is 5.56 Å². The third-order valence-corrected chi connectivity index (χ3v) is 6.13. The number of pyridine rings is 1. The number of fused-ring (bicyclic) bond motifs is 1. The maximum absolute atomic E-state index is 14.1. The third-order valence-electron chi connectivity index (χ3n) is 6.13. The molecule has 0 radical (unpaired) electrons. The fourth-order valence-electron chi connectivity index (χ4n) is 3.97. The number of hydrogen-bond donors (Lipinski definition) is 3. The number of methoxy groups -OCH3 is 1. The summed E-state index contributed by atoms with van der Waals surface area (Å²) in [6.07, 6.45) is -4.53. The Labute approximate surface area is 209 Å². The molecule has 0 spiro atoms. The molecule has 1 aromatic carbocycles. The SMILES string of the molecule is CC.COc1cc(C(=O)NCC(O)(c2cc(C(C)C)c(C)c(C)n2)C(F)(F)F)cc2c1NC(=O)CC2. The number of aryl methyl sites for hydroxylation is 2. The second-order valence-corrected chi connectivity index (χ2v) is 8.76. The van der Waals surface area contributed by atoms with Crippen LogP contribution in [0.1, 0.15) is 78.5 Å². The van der Waals surface area contributed by atoms with Crippen LogP contribution in [0.15, 0.2) is 18.2 Å². The summed E-state index contributed by atoms with van der Waals surface area (Å²) >= 11 is 0. The quantitative estimate of drug-likeness (QED) is 0.513. The van der Waals surface area contributed by atoms with Gasteiger partial charge in [-0.2, -0.15) is 13.2 Å². The van der Waals surface area contributed by atoms with Gasteiger partial charge in [-0.3, -0.25) is 14.6 Å². The van der Waals surface area contributed by atoms with Crippen molar-refractivity contribution in [2.45, 2.75) is 72.1 Å². The molecule has 10 heteroatoms. The molecule has 0 fully saturated rings. The van der Waals surface area contributed by atoms with Crippen LogP contribution in [0, 0.1) is 13.8 Å². The Bertz CT molecular complexity index is 1120. The number of anilines is 1. The molecule has 1 aliphatic rings. The van der Waals surface area contributed by atoms with Gasteiger partial charge in [0, 0.05) is 17.7 Å². The van der Waals surface area contributed by atoms with Gasteiger partial charge in [-0.25, -0.2) is 0 Å². The fraction of sp³-hybridized carbons (Fsp3) is 0.500. The van der Waals surface area contributed by atoms with E-state index in [9.17, 15) is 27.9 Å². The van der Waals surface area contributed by atoms with E-state index in [4.69, 9.17) is 4.74 Å². The monoisotopic (exact) mass is 509 g/mol. The number of aromatic nitrogens is 1. The van der Waals surface area contributed by atoms with Gasteiger partial charge in [0.15, 0.2) is 0 Å². The Morgan fingerprint density at radius 2 is 1.83 bits per heavy atom. The van der Waals surface area contributed by atoms with Gasteiger partial charge in [0.05, 0.1) is 25.0 Å². The molecule has 1 atom stereocenters. The standard InChI is InChI=1S/C24H28F3N3O4.C2H6/c1-12(2)17-10-19(29-14(4)13(17)3)23(33,24(25,26)27)11-28-22(32)16-8-15-6-7-20(31)30-21(15)18(9-16)34-5;1-2/h8-10,12,33H,6-7,11H2,1-5H3,(H,28,32)(H,30,31);1-2H3. The van der Waals surface area contributed by atoms with E-state index >= 15 is 0 Å². The van der Waals surface area contributed by atoms with Crippen LogP contribution in [0.4, 0.5) is 18.9 Å². The Hall–Kier alpha value is -3.14. The molecule has 0 saturated carbocycles. The zero-order valence-corrected chi connectivity index (χ0v) is 21.7. The molecule has 0 saturated heterocycles. The first-order valence-corrected chi connectivity index (χ1v) is 11.8. The summed E-state index contributed by atoms with van der Waals surface area (Å²) < 4.78 is 47.5. The van der Waals surface area contributed by atoms with Crippen molar-refractivity contribution < 1.29 is 32.6 Å². The van der Waals surface area contributed by atoms with Crippen LogP contribution >= 0.6 is 0 Å². The maximum Gasteiger partial charge on any atom is 0.424 e. The van der Waals surface area contributed by atoms with E-state index in [1.54, 1.807) is 13.8 Å². The van der Waals surface area contributed by atoms with Crippen molar-refractivity contribution in [3.8, 4) is 5.75 Å². The molecule has 0 bridgehead atoms. The molecule has 1 aliphatic heterocycles. The minimum atomic E-state index is -5.10. The van der Waals surface area contributed by atoms with Crippen molar-refractivity contribution in [1.29, 1.82) is 0 Å². The lowest BCUT2D eigenvalue weighted by Crippen LogP contribution is -2.51. The number of carbonyl (C=O) groups is 2. The number of alkyl halides is 3. The van der Waals surface area contributed by atoms with E-state index in [1.807, 2.05) is 27.7 Å². The van der Waals surface area contributed by atoms with Crippen LogP contribution in [-0.4, -0.2) is 41.7 Å². The molecule has 7 nitrogen and oxygen atoms in total. The van der Waals surface area contributed by atoms with Gasteiger partial charge < -0.3 is 20.5 Å². The molecule has 2 amide bonds. The lowest BCUT2D eigenvalue weighted by molar-refractivity contribution is -0.265. The van der Waals surface area contributed by atoms with Gasteiger partial charge in [-0.1, -0.05) is 27.7 Å². The van der Waals surface area contributed by atoms with Crippen molar-refractivity contribution in [3.63, 3.8) is 0 Å². The first-order chi connectivity index (χ1) is 16.8. The van der Waals surface area contributed by atoms with Crippen molar-refractivity contribution in [3.05, 3.63) is 51.8 Å². The first kappa shape index (κ1) is 29.1. The summed E-state index contributed by atoms with van der Waals surface area (Å²) in [7, 11) is 1.36. The molecule has 3 rings (SSSR count). The zero-order chi connectivity index (χ0) is 27.4. The number of halogens is 3. The largest absolute Gasteiger partial charge is 0.495 e. The number of benzene rings is 1. The Kier molecular flexibility index (Phi) is 9.12. The molecule has 1 aromatic heterocycles. The Morgan fingerprint density at radius 1 is 1.19 bits per heavy atom. The summed E-state index contributed by atoms with van der Waals surface area (Å²) in [5.74, 6) is -0.886. The van der Waals surface area contributed by atoms with Gasteiger partial charge in [-0.05, 0) is 61.1 Å². The van der Waals surface area contributed by atoms with Gasteiger partial charge in [0.2, 0.25) is 11.5 Å². The summed E-state index contributed by atoms with van der Waals surface area (Å²) in [6.45, 7) is 9.90. The number of aliphatic hydroxyl groups is 1. The summed E-state index contributed by atoms with van der Waals surface area (Å²) in [5, 5.41) is 15.7. The highest BCUT2D eigenvalue weighted by Crippen LogP contribution is 2.40. The predicted molar refractivity (Wildman–Crippen MR) is 131 cm³/mol. The van der Waals surface area contributed by atoms with Crippen molar-refractivity contribution in [2.75, 3.05) is 19.0 Å². The second kappa shape index (κ2) is 11.3. The van der Waals surface area contributed by atoms with Crippen LogP contribution in [0.2, 0.25) is 0 Å². The van der Waals surface area contributed by atoms with Crippen LogP contribution in [0.25, 0.3) is 0 Å². The van der Waals surface area contributed by atoms with Crippen molar-refractivity contribution in [1.82, 2.24) is 10.3 Å². The molecule has 36 heavy (non-hydrogen) atoms. The molecule has 3 N–H and O–H groups in total. The van der Waals surface area contributed by atoms with Crippen LogP contribution in [0.5, 0.6) is 5.75 Å². The highest BCUT2D eigenvalue weighted by atomic mass is 19.4. The second-order valence-electron chi connectivity index (χ2n) is 8.76.